The minimum Gasteiger partial charge on any atom is -0.394 e. The summed E-state index contributed by atoms with van der Waals surface area (Å²) < 4.78 is 28.3. The molecule has 0 spiro atoms. The highest BCUT2D eigenvalue weighted by Crippen LogP contribution is 2.25. The van der Waals surface area contributed by atoms with Crippen LogP contribution in [0.25, 0.3) is 0 Å². The summed E-state index contributed by atoms with van der Waals surface area (Å²) in [5, 5.41) is 12.8. The Bertz CT molecular complexity index is 1090. The van der Waals surface area contributed by atoms with Crippen LogP contribution < -0.4 is 10.0 Å². The van der Waals surface area contributed by atoms with Crippen molar-refractivity contribution in [2.75, 3.05) is 16.6 Å². The van der Waals surface area contributed by atoms with Crippen molar-refractivity contribution in [1.82, 2.24) is 9.97 Å². The zero-order chi connectivity index (χ0) is 21.6. The minimum absolute atomic E-state index is 0.0826. The van der Waals surface area contributed by atoms with Gasteiger partial charge in [0.2, 0.25) is 0 Å². The Labute approximate surface area is 181 Å². The number of sulfonamides is 1. The normalized spacial score (nSPS) is 12.4. The van der Waals surface area contributed by atoms with Crippen LogP contribution in [0, 0.1) is 6.92 Å². The molecule has 0 saturated carbocycles. The summed E-state index contributed by atoms with van der Waals surface area (Å²) in [6.07, 6.45) is 0. The summed E-state index contributed by atoms with van der Waals surface area (Å²) in [6.45, 7) is 3.46. The van der Waals surface area contributed by atoms with Crippen molar-refractivity contribution in [3.8, 4) is 0 Å². The highest BCUT2D eigenvalue weighted by Gasteiger charge is 2.18. The van der Waals surface area contributed by atoms with Crippen molar-refractivity contribution in [2.24, 2.45) is 0 Å². The number of aliphatic hydroxyl groups excluding tert-OH is 1. The van der Waals surface area contributed by atoms with Crippen molar-refractivity contribution < 1.29 is 13.5 Å². The molecule has 30 heavy (non-hydrogen) atoms. The largest absolute Gasteiger partial charge is 0.394 e. The van der Waals surface area contributed by atoms with Crippen molar-refractivity contribution in [2.45, 2.75) is 35.7 Å². The van der Waals surface area contributed by atoms with Gasteiger partial charge < -0.3 is 10.4 Å². The average Bonchev–Trinajstić information content (AvgIpc) is 2.72. The second-order valence-electron chi connectivity index (χ2n) is 6.79. The van der Waals surface area contributed by atoms with Crippen molar-refractivity contribution in [3.05, 3.63) is 71.8 Å². The zero-order valence-corrected chi connectivity index (χ0v) is 18.4. The molecule has 1 heterocycles. The lowest BCUT2D eigenvalue weighted by Crippen LogP contribution is -2.21. The fraction of sp³-hybridized carbons (Fsp3) is 0.238. The van der Waals surface area contributed by atoms with Crippen LogP contribution in [0.1, 0.15) is 18.1 Å². The molecule has 9 heteroatoms. The van der Waals surface area contributed by atoms with E-state index in [9.17, 15) is 13.5 Å². The Balaban J connectivity index is 1.88. The first-order valence-electron chi connectivity index (χ1n) is 9.39. The van der Waals surface area contributed by atoms with Gasteiger partial charge in [-0.15, -0.1) is 0 Å². The number of nitrogens with zero attached hydrogens (tertiary/aromatic N) is 2. The molecule has 2 aromatic carbocycles. The standard InChI is InChI=1S/C21H24N4O3S2/c1-15-8-6-7-11-18(15)30(27,28)25-20-12-19(22-16(2)13-26)23-21(24-20)29-14-17-9-4-3-5-10-17/h3-12,16,26H,13-14H2,1-2H3,(H2,22,23,24,25)/t16-/m1/s1. The van der Waals surface area contributed by atoms with E-state index >= 15 is 0 Å². The molecular weight excluding hydrogens is 420 g/mol. The SMILES string of the molecule is Cc1ccccc1S(=O)(=O)Nc1cc(N[C@H](C)CO)nc(SCc2ccccc2)n1. The van der Waals surface area contributed by atoms with E-state index in [1.54, 1.807) is 38.1 Å². The van der Waals surface area contributed by atoms with Crippen LogP contribution in [0.4, 0.5) is 11.6 Å². The fourth-order valence-corrected chi connectivity index (χ4v) is 4.74. The van der Waals surface area contributed by atoms with Crippen LogP contribution in [-0.4, -0.2) is 36.1 Å². The van der Waals surface area contributed by atoms with E-state index in [2.05, 4.69) is 20.0 Å². The number of benzene rings is 2. The molecule has 0 aliphatic carbocycles. The van der Waals surface area contributed by atoms with Crippen molar-refractivity contribution in [3.63, 3.8) is 0 Å². The van der Waals surface area contributed by atoms with Crippen LogP contribution in [0.15, 0.2) is 70.7 Å². The van der Waals surface area contributed by atoms with Crippen LogP contribution in [0.5, 0.6) is 0 Å². The number of nitrogens with one attached hydrogen (secondary N) is 2. The molecule has 0 aliphatic rings. The number of thioether (sulfide) groups is 1. The van der Waals surface area contributed by atoms with Gasteiger partial charge in [-0.1, -0.05) is 60.3 Å². The molecule has 3 rings (SSSR count). The number of anilines is 2. The quantitative estimate of drug-likeness (QED) is 0.342. The molecular formula is C21H24N4O3S2. The maximum Gasteiger partial charge on any atom is 0.263 e. The van der Waals surface area contributed by atoms with Gasteiger partial charge >= 0.3 is 0 Å². The Morgan fingerprint density at radius 1 is 1.03 bits per heavy atom. The van der Waals surface area contributed by atoms with Gasteiger partial charge in [0, 0.05) is 17.9 Å². The predicted octanol–water partition coefficient (Wildman–Crippen LogP) is 3.67. The van der Waals surface area contributed by atoms with Crippen molar-refractivity contribution >= 4 is 33.4 Å². The van der Waals surface area contributed by atoms with E-state index in [-0.39, 0.29) is 23.4 Å². The minimum atomic E-state index is -3.81. The van der Waals surface area contributed by atoms with Gasteiger partial charge in [-0.3, -0.25) is 4.72 Å². The zero-order valence-electron chi connectivity index (χ0n) is 16.7. The van der Waals surface area contributed by atoms with Gasteiger partial charge in [0.15, 0.2) is 5.16 Å². The lowest BCUT2D eigenvalue weighted by molar-refractivity contribution is 0.281. The smallest absolute Gasteiger partial charge is 0.263 e. The lowest BCUT2D eigenvalue weighted by Gasteiger charge is -2.15. The molecule has 7 nitrogen and oxygen atoms in total. The molecule has 0 unspecified atom stereocenters. The second kappa shape index (κ2) is 9.92. The van der Waals surface area contributed by atoms with Gasteiger partial charge in [0.25, 0.3) is 10.0 Å². The van der Waals surface area contributed by atoms with Gasteiger partial charge in [0.1, 0.15) is 11.6 Å². The first-order valence-corrected chi connectivity index (χ1v) is 11.9. The lowest BCUT2D eigenvalue weighted by atomic mass is 10.2. The number of aliphatic hydroxyl groups is 1. The van der Waals surface area contributed by atoms with Gasteiger partial charge in [-0.2, -0.15) is 0 Å². The summed E-state index contributed by atoms with van der Waals surface area (Å²) >= 11 is 1.40. The van der Waals surface area contributed by atoms with Crippen molar-refractivity contribution in [1.29, 1.82) is 0 Å². The predicted molar refractivity (Wildman–Crippen MR) is 120 cm³/mol. The van der Waals surface area contributed by atoms with E-state index in [0.717, 1.165) is 5.56 Å². The summed E-state index contributed by atoms with van der Waals surface area (Å²) in [6, 6.07) is 17.9. The van der Waals surface area contributed by atoms with Gasteiger partial charge in [0.05, 0.1) is 11.5 Å². The molecule has 0 aliphatic heterocycles. The van der Waals surface area contributed by atoms with Crippen LogP contribution >= 0.6 is 11.8 Å². The molecule has 0 amide bonds. The Morgan fingerprint density at radius 2 is 1.70 bits per heavy atom. The molecule has 0 bridgehead atoms. The maximum absolute atomic E-state index is 12.9. The third-order valence-corrected chi connectivity index (χ3v) is 6.64. The summed E-state index contributed by atoms with van der Waals surface area (Å²) in [5.74, 6) is 1.24. The third-order valence-electron chi connectivity index (χ3n) is 4.21. The van der Waals surface area contributed by atoms with E-state index in [1.165, 1.54) is 17.8 Å². The summed E-state index contributed by atoms with van der Waals surface area (Å²) in [4.78, 5) is 9.03. The molecule has 158 valence electrons. The number of hydrogen-bond donors (Lipinski definition) is 3. The molecule has 0 fully saturated rings. The molecule has 1 atom stereocenters. The fourth-order valence-electron chi connectivity index (χ4n) is 2.69. The summed E-state index contributed by atoms with van der Waals surface area (Å²) in [5.41, 5.74) is 1.75. The Morgan fingerprint density at radius 3 is 2.40 bits per heavy atom. The topological polar surface area (TPSA) is 104 Å². The van der Waals surface area contributed by atoms with Crippen LogP contribution in [-0.2, 0) is 15.8 Å². The first kappa shape index (κ1) is 22.1. The van der Waals surface area contributed by atoms with E-state index < -0.39 is 10.0 Å². The second-order valence-corrected chi connectivity index (χ2v) is 9.39. The number of rotatable bonds is 9. The highest BCUT2D eigenvalue weighted by atomic mass is 32.2. The number of aromatic nitrogens is 2. The van der Waals surface area contributed by atoms with Crippen LogP contribution in [0.2, 0.25) is 0 Å². The highest BCUT2D eigenvalue weighted by molar-refractivity contribution is 7.98. The molecule has 0 saturated heterocycles. The number of hydrogen-bond acceptors (Lipinski definition) is 7. The first-order chi connectivity index (χ1) is 14.4. The van der Waals surface area contributed by atoms with Gasteiger partial charge in [-0.25, -0.2) is 18.4 Å². The third kappa shape index (κ3) is 5.94. The maximum atomic E-state index is 12.9. The summed E-state index contributed by atoms with van der Waals surface area (Å²) in [7, 11) is -3.81. The molecule has 1 aromatic heterocycles. The van der Waals surface area contributed by atoms with Gasteiger partial charge in [-0.05, 0) is 31.0 Å². The number of aryl methyl sites for hydroxylation is 1. The Hall–Kier alpha value is -2.62. The molecule has 0 radical (unpaired) electrons. The van der Waals surface area contributed by atoms with E-state index in [1.807, 2.05) is 30.3 Å². The molecule has 3 aromatic rings. The van der Waals surface area contributed by atoms with E-state index in [0.29, 0.717) is 22.3 Å². The molecule has 3 N–H and O–H groups in total. The monoisotopic (exact) mass is 444 g/mol. The van der Waals surface area contributed by atoms with Crippen LogP contribution in [0.3, 0.4) is 0 Å². The van der Waals surface area contributed by atoms with E-state index in [4.69, 9.17) is 0 Å². The average molecular weight is 445 g/mol. The Kier molecular flexibility index (Phi) is 7.30.